The van der Waals surface area contributed by atoms with Crippen molar-refractivity contribution in [1.29, 1.82) is 0 Å². The molecule has 112 valence electrons. The van der Waals surface area contributed by atoms with Gasteiger partial charge in [0, 0.05) is 23.8 Å². The van der Waals surface area contributed by atoms with Crippen LogP contribution in [0.1, 0.15) is 41.6 Å². The molecule has 1 aliphatic heterocycles. The Morgan fingerprint density at radius 2 is 2.10 bits per heavy atom. The highest BCUT2D eigenvalue weighted by Crippen LogP contribution is 2.27. The summed E-state index contributed by atoms with van der Waals surface area (Å²) in [5.74, 6) is -1.43. The number of aliphatic carboxylic acids is 1. The predicted octanol–water partition coefficient (Wildman–Crippen LogP) is 2.03. The average molecular weight is 288 g/mol. The van der Waals surface area contributed by atoms with E-state index in [9.17, 15) is 9.59 Å². The maximum absolute atomic E-state index is 12.3. The molecule has 1 saturated carbocycles. The van der Waals surface area contributed by atoms with Crippen molar-refractivity contribution in [2.75, 3.05) is 11.9 Å². The first kappa shape index (κ1) is 13.9. The van der Waals surface area contributed by atoms with E-state index in [0.29, 0.717) is 12.0 Å². The molecule has 5 heteroatoms. The number of carboxylic acids is 1. The van der Waals surface area contributed by atoms with Crippen LogP contribution in [0.4, 0.5) is 5.69 Å². The maximum atomic E-state index is 12.3. The molecular formula is C16H20N2O3. The van der Waals surface area contributed by atoms with Crippen LogP contribution in [0.5, 0.6) is 0 Å². The number of carbonyl (C=O) groups is 2. The number of carbonyl (C=O) groups excluding carboxylic acids is 1. The van der Waals surface area contributed by atoms with Crippen LogP contribution < -0.4 is 10.6 Å². The number of amides is 1. The van der Waals surface area contributed by atoms with E-state index < -0.39 is 11.9 Å². The van der Waals surface area contributed by atoms with Crippen molar-refractivity contribution in [2.24, 2.45) is 5.92 Å². The van der Waals surface area contributed by atoms with Crippen LogP contribution in [0.2, 0.25) is 0 Å². The van der Waals surface area contributed by atoms with Gasteiger partial charge in [0.1, 0.15) is 0 Å². The normalized spacial score (nSPS) is 24.0. The summed E-state index contributed by atoms with van der Waals surface area (Å²) in [6.07, 6.45) is 4.30. The summed E-state index contributed by atoms with van der Waals surface area (Å²) in [5.41, 5.74) is 2.88. The molecule has 1 heterocycles. The molecule has 0 aromatic heterocycles. The summed E-state index contributed by atoms with van der Waals surface area (Å²) in [6, 6.07) is 5.41. The van der Waals surface area contributed by atoms with Gasteiger partial charge in [-0.3, -0.25) is 9.59 Å². The van der Waals surface area contributed by atoms with Crippen molar-refractivity contribution >= 4 is 17.6 Å². The minimum Gasteiger partial charge on any atom is -0.481 e. The van der Waals surface area contributed by atoms with E-state index in [1.165, 1.54) is 0 Å². The van der Waals surface area contributed by atoms with Crippen molar-refractivity contribution < 1.29 is 14.7 Å². The van der Waals surface area contributed by atoms with Gasteiger partial charge >= 0.3 is 5.97 Å². The van der Waals surface area contributed by atoms with Crippen molar-refractivity contribution in [3.63, 3.8) is 0 Å². The van der Waals surface area contributed by atoms with E-state index in [0.717, 1.165) is 43.5 Å². The molecule has 0 saturated heterocycles. The first-order chi connectivity index (χ1) is 10.1. The highest BCUT2D eigenvalue weighted by Gasteiger charge is 2.34. The number of rotatable bonds is 3. The second kappa shape index (κ2) is 5.76. The number of nitrogens with one attached hydrogen (secondary N) is 2. The molecule has 0 bridgehead atoms. The van der Waals surface area contributed by atoms with Gasteiger partial charge in [0.2, 0.25) is 0 Å². The minimum atomic E-state index is -0.813. The van der Waals surface area contributed by atoms with E-state index in [2.05, 4.69) is 10.6 Å². The molecule has 5 nitrogen and oxygen atoms in total. The zero-order valence-corrected chi connectivity index (χ0v) is 11.9. The Kier molecular flexibility index (Phi) is 3.82. The Hall–Kier alpha value is -2.04. The standard InChI is InChI=1S/C16H20N2O3/c19-15(18-14-5-1-4-12(14)16(20)21)11-6-7-13-10(9-11)3-2-8-17-13/h6-7,9,12,14,17H,1-5,8H2,(H,18,19)(H,20,21). The highest BCUT2D eigenvalue weighted by atomic mass is 16.4. The third kappa shape index (κ3) is 2.86. The smallest absolute Gasteiger partial charge is 0.308 e. The summed E-state index contributed by atoms with van der Waals surface area (Å²) in [7, 11) is 0. The number of hydrogen-bond acceptors (Lipinski definition) is 3. The molecule has 1 fully saturated rings. The van der Waals surface area contributed by atoms with E-state index in [-0.39, 0.29) is 11.9 Å². The molecule has 2 unspecified atom stereocenters. The summed E-state index contributed by atoms with van der Waals surface area (Å²) in [4.78, 5) is 23.5. The monoisotopic (exact) mass is 288 g/mol. The Morgan fingerprint density at radius 1 is 1.24 bits per heavy atom. The molecule has 3 rings (SSSR count). The molecular weight excluding hydrogens is 268 g/mol. The summed E-state index contributed by atoms with van der Waals surface area (Å²) < 4.78 is 0. The van der Waals surface area contributed by atoms with E-state index >= 15 is 0 Å². The van der Waals surface area contributed by atoms with Gasteiger partial charge < -0.3 is 15.7 Å². The lowest BCUT2D eigenvalue weighted by Gasteiger charge is -2.20. The molecule has 1 amide bonds. The highest BCUT2D eigenvalue weighted by molar-refractivity contribution is 5.95. The fraction of sp³-hybridized carbons (Fsp3) is 0.500. The molecule has 1 aromatic carbocycles. The van der Waals surface area contributed by atoms with Crippen LogP contribution in [-0.4, -0.2) is 29.6 Å². The Balaban J connectivity index is 1.72. The third-order valence-corrected chi connectivity index (χ3v) is 4.46. The number of anilines is 1. The van der Waals surface area contributed by atoms with Crippen molar-refractivity contribution in [3.05, 3.63) is 29.3 Å². The molecule has 21 heavy (non-hydrogen) atoms. The number of aryl methyl sites for hydroxylation is 1. The number of carboxylic acid groups (broad SMARTS) is 1. The van der Waals surface area contributed by atoms with Crippen LogP contribution in [0.25, 0.3) is 0 Å². The fourth-order valence-electron chi connectivity index (χ4n) is 3.30. The van der Waals surface area contributed by atoms with Crippen LogP contribution in [0.15, 0.2) is 18.2 Å². The summed E-state index contributed by atoms with van der Waals surface area (Å²) >= 11 is 0. The van der Waals surface area contributed by atoms with Crippen LogP contribution in [-0.2, 0) is 11.2 Å². The largest absolute Gasteiger partial charge is 0.481 e. The molecule has 0 spiro atoms. The van der Waals surface area contributed by atoms with E-state index in [4.69, 9.17) is 5.11 Å². The zero-order chi connectivity index (χ0) is 14.8. The number of fused-ring (bicyclic) bond motifs is 1. The van der Waals surface area contributed by atoms with Gasteiger partial charge in [0.25, 0.3) is 5.91 Å². The SMILES string of the molecule is O=C(NC1CCCC1C(=O)O)c1ccc2c(c1)CCCN2. The number of benzene rings is 1. The molecule has 0 radical (unpaired) electrons. The Bertz CT molecular complexity index is 571. The second-order valence-corrected chi connectivity index (χ2v) is 5.86. The third-order valence-electron chi connectivity index (χ3n) is 4.46. The van der Waals surface area contributed by atoms with Gasteiger partial charge in [-0.2, -0.15) is 0 Å². The van der Waals surface area contributed by atoms with Crippen molar-refractivity contribution in [1.82, 2.24) is 5.32 Å². The van der Waals surface area contributed by atoms with E-state index in [1.54, 1.807) is 6.07 Å². The lowest BCUT2D eigenvalue weighted by molar-refractivity contribution is -0.142. The number of hydrogen-bond donors (Lipinski definition) is 3. The van der Waals surface area contributed by atoms with Gasteiger partial charge in [0.05, 0.1) is 5.92 Å². The first-order valence-electron chi connectivity index (χ1n) is 7.55. The van der Waals surface area contributed by atoms with Crippen LogP contribution in [0, 0.1) is 5.92 Å². The average Bonchev–Trinajstić information content (AvgIpc) is 2.95. The Labute approximate surface area is 123 Å². The van der Waals surface area contributed by atoms with Crippen molar-refractivity contribution in [2.45, 2.75) is 38.1 Å². The predicted molar refractivity (Wildman–Crippen MR) is 79.5 cm³/mol. The molecule has 1 aliphatic carbocycles. The molecule has 2 atom stereocenters. The van der Waals surface area contributed by atoms with E-state index in [1.807, 2.05) is 12.1 Å². The lowest BCUT2D eigenvalue weighted by atomic mass is 9.99. The second-order valence-electron chi connectivity index (χ2n) is 5.86. The maximum Gasteiger partial charge on any atom is 0.308 e. The summed E-state index contributed by atoms with van der Waals surface area (Å²) in [6.45, 7) is 0.973. The topological polar surface area (TPSA) is 78.4 Å². The molecule has 2 aliphatic rings. The van der Waals surface area contributed by atoms with Gasteiger partial charge in [-0.05, 0) is 49.4 Å². The Morgan fingerprint density at radius 3 is 2.90 bits per heavy atom. The zero-order valence-electron chi connectivity index (χ0n) is 11.9. The minimum absolute atomic E-state index is 0.165. The quantitative estimate of drug-likeness (QED) is 0.795. The van der Waals surface area contributed by atoms with Crippen LogP contribution >= 0.6 is 0 Å². The van der Waals surface area contributed by atoms with Gasteiger partial charge in [-0.25, -0.2) is 0 Å². The van der Waals surface area contributed by atoms with Gasteiger partial charge in [-0.15, -0.1) is 0 Å². The van der Waals surface area contributed by atoms with Gasteiger partial charge in [0.15, 0.2) is 0 Å². The summed E-state index contributed by atoms with van der Waals surface area (Å²) in [5, 5.41) is 15.4. The lowest BCUT2D eigenvalue weighted by Crippen LogP contribution is -2.40. The fourth-order valence-corrected chi connectivity index (χ4v) is 3.30. The molecule has 1 aromatic rings. The van der Waals surface area contributed by atoms with Crippen molar-refractivity contribution in [3.8, 4) is 0 Å². The first-order valence-corrected chi connectivity index (χ1v) is 7.55. The van der Waals surface area contributed by atoms with Crippen LogP contribution in [0.3, 0.4) is 0 Å². The molecule has 3 N–H and O–H groups in total. The van der Waals surface area contributed by atoms with Gasteiger partial charge in [-0.1, -0.05) is 6.42 Å².